The highest BCUT2D eigenvalue weighted by Crippen LogP contribution is 2.48. The Kier molecular flexibility index (Phi) is 8.87. The fraction of sp³-hybridized carbons (Fsp3) is 0.344. The molecule has 1 fully saturated rings. The number of pyridine rings is 1. The molecule has 6 rings (SSSR count). The average Bonchev–Trinajstić information content (AvgIpc) is 3.77. The van der Waals surface area contributed by atoms with Crippen molar-refractivity contribution in [3.63, 3.8) is 0 Å². The second-order valence-electron chi connectivity index (χ2n) is 11.5. The van der Waals surface area contributed by atoms with E-state index < -0.39 is 27.5 Å². The van der Waals surface area contributed by atoms with E-state index in [2.05, 4.69) is 9.97 Å². The van der Waals surface area contributed by atoms with Gasteiger partial charge in [-0.1, -0.05) is 41.7 Å². The number of hydrogen-bond donors (Lipinski definition) is 1. The van der Waals surface area contributed by atoms with Crippen molar-refractivity contribution >= 4 is 55.4 Å². The van der Waals surface area contributed by atoms with Gasteiger partial charge in [0.2, 0.25) is 21.8 Å². The van der Waals surface area contributed by atoms with Crippen molar-refractivity contribution < 1.29 is 37.4 Å². The summed E-state index contributed by atoms with van der Waals surface area (Å²) in [7, 11) is -1.34. The summed E-state index contributed by atoms with van der Waals surface area (Å²) in [4.78, 5) is 50.7. The number of aromatic nitrogens is 2. The lowest BCUT2D eigenvalue weighted by atomic mass is 9.81. The summed E-state index contributed by atoms with van der Waals surface area (Å²) in [5.41, 5.74) is 1.81. The van der Waals surface area contributed by atoms with Gasteiger partial charge in [0.1, 0.15) is 15.4 Å². The topological polar surface area (TPSA) is 160 Å². The van der Waals surface area contributed by atoms with Gasteiger partial charge in [-0.05, 0) is 41.8 Å². The SMILES string of the molecule is COC(=O)N1CCC2(C1)CN(C(=O)Cc1nc3ccc(OC)nc3s1)c1ccc(S(=O)(=O)N(CCC(=O)O)Cc3ccccc3)cc12. The van der Waals surface area contributed by atoms with Crippen LogP contribution in [0.15, 0.2) is 65.6 Å². The number of rotatable bonds is 10. The molecule has 0 bridgehead atoms. The van der Waals surface area contributed by atoms with E-state index in [0.717, 1.165) is 4.31 Å². The Morgan fingerprint density at radius 1 is 1.04 bits per heavy atom. The van der Waals surface area contributed by atoms with E-state index in [1.807, 2.05) is 6.07 Å². The highest BCUT2D eigenvalue weighted by Gasteiger charge is 2.50. The molecule has 1 unspecified atom stereocenters. The number of carboxylic acid groups (broad SMARTS) is 1. The Hall–Kier alpha value is -4.60. The molecule has 0 saturated carbocycles. The molecule has 4 aromatic rings. The number of aliphatic carboxylic acids is 1. The largest absolute Gasteiger partial charge is 0.481 e. The lowest BCUT2D eigenvalue weighted by Crippen LogP contribution is -2.40. The van der Waals surface area contributed by atoms with Crippen molar-refractivity contribution in [2.45, 2.75) is 36.1 Å². The highest BCUT2D eigenvalue weighted by atomic mass is 32.2. The van der Waals surface area contributed by atoms with Crippen LogP contribution in [0.5, 0.6) is 5.88 Å². The first-order valence-corrected chi connectivity index (χ1v) is 17.1. The molecule has 2 aliphatic heterocycles. The highest BCUT2D eigenvalue weighted by molar-refractivity contribution is 7.89. The van der Waals surface area contributed by atoms with Crippen molar-refractivity contribution in [3.8, 4) is 5.88 Å². The number of likely N-dealkylation sites (tertiary alicyclic amines) is 1. The van der Waals surface area contributed by atoms with Crippen LogP contribution in [-0.4, -0.2) is 91.1 Å². The van der Waals surface area contributed by atoms with Crippen LogP contribution in [0.2, 0.25) is 0 Å². The van der Waals surface area contributed by atoms with Crippen molar-refractivity contribution in [1.29, 1.82) is 0 Å². The predicted molar refractivity (Wildman–Crippen MR) is 173 cm³/mol. The number of carbonyl (C=O) groups excluding carboxylic acids is 2. The molecule has 0 radical (unpaired) electrons. The van der Waals surface area contributed by atoms with Gasteiger partial charge in [-0.25, -0.2) is 23.2 Å². The van der Waals surface area contributed by atoms with Crippen molar-refractivity contribution in [3.05, 3.63) is 76.8 Å². The second-order valence-corrected chi connectivity index (χ2v) is 14.5. The van der Waals surface area contributed by atoms with Crippen LogP contribution in [-0.2, 0) is 42.7 Å². The number of sulfonamides is 1. The molecule has 246 valence electrons. The third-order valence-corrected chi connectivity index (χ3v) is 11.4. The lowest BCUT2D eigenvalue weighted by molar-refractivity contribution is -0.137. The molecule has 47 heavy (non-hydrogen) atoms. The Balaban J connectivity index is 1.35. The van der Waals surface area contributed by atoms with Gasteiger partial charge in [-0.2, -0.15) is 4.31 Å². The maximum Gasteiger partial charge on any atom is 0.409 e. The summed E-state index contributed by atoms with van der Waals surface area (Å²) < 4.78 is 39.5. The molecule has 1 atom stereocenters. The number of amides is 2. The van der Waals surface area contributed by atoms with Crippen LogP contribution in [0.4, 0.5) is 10.5 Å². The molecule has 2 aromatic heterocycles. The van der Waals surface area contributed by atoms with E-state index in [4.69, 9.17) is 9.47 Å². The van der Waals surface area contributed by atoms with E-state index in [0.29, 0.717) is 51.0 Å². The van der Waals surface area contributed by atoms with Crippen LogP contribution < -0.4 is 9.64 Å². The molecule has 1 N–H and O–H groups in total. The van der Waals surface area contributed by atoms with Gasteiger partial charge in [0.25, 0.3) is 0 Å². The number of fused-ring (bicyclic) bond motifs is 3. The summed E-state index contributed by atoms with van der Waals surface area (Å²) in [5, 5.41) is 9.93. The minimum absolute atomic E-state index is 0.000327. The van der Waals surface area contributed by atoms with Crippen LogP contribution in [0.25, 0.3) is 10.3 Å². The molecule has 4 heterocycles. The first-order chi connectivity index (χ1) is 22.5. The van der Waals surface area contributed by atoms with Crippen molar-refractivity contribution in [2.75, 3.05) is 45.3 Å². The number of carboxylic acids is 1. The van der Waals surface area contributed by atoms with E-state index >= 15 is 0 Å². The summed E-state index contributed by atoms with van der Waals surface area (Å²) in [6.45, 7) is 0.607. The zero-order valence-electron chi connectivity index (χ0n) is 25.8. The quantitative estimate of drug-likeness (QED) is 0.262. The summed E-state index contributed by atoms with van der Waals surface area (Å²) in [6.07, 6.45) is -0.387. The smallest absolute Gasteiger partial charge is 0.409 e. The maximum atomic E-state index is 14.1. The molecular formula is C32H33N5O8S2. The number of nitrogens with zero attached hydrogens (tertiary/aromatic N) is 5. The minimum atomic E-state index is -4.17. The molecule has 15 heteroatoms. The van der Waals surface area contributed by atoms with Crippen LogP contribution >= 0.6 is 11.3 Å². The second kappa shape index (κ2) is 12.9. The van der Waals surface area contributed by atoms with Gasteiger partial charge >= 0.3 is 12.1 Å². The zero-order chi connectivity index (χ0) is 33.3. The molecule has 2 amide bonds. The van der Waals surface area contributed by atoms with E-state index in [-0.39, 0.29) is 49.8 Å². The first-order valence-electron chi connectivity index (χ1n) is 14.9. The average molecular weight is 680 g/mol. The molecule has 1 spiro atoms. The fourth-order valence-electron chi connectivity index (χ4n) is 6.24. The van der Waals surface area contributed by atoms with Gasteiger partial charge in [0.05, 0.1) is 32.0 Å². The van der Waals surface area contributed by atoms with Crippen LogP contribution in [0, 0.1) is 0 Å². The maximum absolute atomic E-state index is 14.1. The van der Waals surface area contributed by atoms with E-state index in [9.17, 15) is 27.9 Å². The molecule has 2 aromatic carbocycles. The number of ether oxygens (including phenoxy) is 2. The standard InChI is InChI=1S/C32H33N5O8S2/c1-44-26-11-9-24-30(34-26)46-27(33-24)17-28(38)37-20-32(13-15-35(19-32)31(41)45-2)23-16-22(8-10-25(23)37)47(42,43)36(14-12-29(39)40)18-21-6-4-3-5-7-21/h3-11,16H,12-15,17-20H2,1-2H3,(H,39,40). The third kappa shape index (κ3) is 6.38. The molecule has 2 aliphatic rings. The summed E-state index contributed by atoms with van der Waals surface area (Å²) in [5.74, 6) is -0.896. The molecule has 13 nitrogen and oxygen atoms in total. The number of hydrogen-bond acceptors (Lipinski definition) is 10. The Morgan fingerprint density at radius 2 is 1.83 bits per heavy atom. The van der Waals surface area contributed by atoms with Crippen molar-refractivity contribution in [1.82, 2.24) is 19.2 Å². The number of anilines is 1. The molecular weight excluding hydrogens is 647 g/mol. The number of benzene rings is 2. The summed E-state index contributed by atoms with van der Waals surface area (Å²) >= 11 is 1.30. The van der Waals surface area contributed by atoms with Crippen LogP contribution in [0.3, 0.4) is 0 Å². The number of thiazole rings is 1. The monoisotopic (exact) mass is 679 g/mol. The lowest BCUT2D eigenvalue weighted by Gasteiger charge is -2.26. The number of methoxy groups -OCH3 is 2. The molecule has 1 saturated heterocycles. The Morgan fingerprint density at radius 3 is 2.55 bits per heavy atom. The minimum Gasteiger partial charge on any atom is -0.481 e. The fourth-order valence-corrected chi connectivity index (χ4v) is 8.61. The van der Waals surface area contributed by atoms with Crippen LogP contribution in [0.1, 0.15) is 29.0 Å². The van der Waals surface area contributed by atoms with E-state index in [1.165, 1.54) is 31.6 Å². The van der Waals surface area contributed by atoms with Gasteiger partial charge in [0, 0.05) is 49.9 Å². The van der Waals surface area contributed by atoms with Gasteiger partial charge in [-0.3, -0.25) is 9.59 Å². The molecule has 0 aliphatic carbocycles. The summed E-state index contributed by atoms with van der Waals surface area (Å²) in [6, 6.07) is 17.1. The van der Waals surface area contributed by atoms with Gasteiger partial charge in [-0.15, -0.1) is 0 Å². The predicted octanol–water partition coefficient (Wildman–Crippen LogP) is 3.66. The van der Waals surface area contributed by atoms with Crippen molar-refractivity contribution in [2.24, 2.45) is 0 Å². The van der Waals surface area contributed by atoms with E-state index in [1.54, 1.807) is 58.3 Å². The zero-order valence-corrected chi connectivity index (χ0v) is 27.4. The normalized spacial score (nSPS) is 17.4. The third-order valence-electron chi connectivity index (χ3n) is 8.58. The Labute approximate surface area is 275 Å². The van der Waals surface area contributed by atoms with Gasteiger partial charge < -0.3 is 24.4 Å². The Bertz CT molecular complexity index is 1950. The first kappa shape index (κ1) is 32.3. The number of carbonyl (C=O) groups is 3. The van der Waals surface area contributed by atoms with Gasteiger partial charge in [0.15, 0.2) is 0 Å².